The van der Waals surface area contributed by atoms with E-state index in [1.165, 1.54) is 59.3 Å². The first-order chi connectivity index (χ1) is 17.8. The van der Waals surface area contributed by atoms with Crippen molar-refractivity contribution >= 4 is 44.1 Å². The minimum absolute atomic E-state index is 0.140. The molecule has 6 rings (SSSR count). The summed E-state index contributed by atoms with van der Waals surface area (Å²) in [6.07, 6.45) is 4.22. The molecule has 1 nitrogen and oxygen atoms in total. The second-order valence-corrected chi connectivity index (χ2v) is 14.6. The number of rotatable bonds is 2. The lowest BCUT2D eigenvalue weighted by atomic mass is 9.81. The smallest absolute Gasteiger partial charge is 0.207 e. The summed E-state index contributed by atoms with van der Waals surface area (Å²) in [5.41, 5.74) is 7.18. The number of hydrogen-bond acceptors (Lipinski definition) is 1. The first-order valence-electron chi connectivity index (χ1n) is 13.6. The van der Waals surface area contributed by atoms with E-state index in [1.807, 2.05) is 17.8 Å². The topological polar surface area (TPSA) is 3.88 Å². The fourth-order valence-corrected chi connectivity index (χ4v) is 7.67. The van der Waals surface area contributed by atoms with Crippen LogP contribution in [0.5, 0.6) is 0 Å². The van der Waals surface area contributed by atoms with Crippen LogP contribution in [-0.2, 0) is 19.9 Å². The lowest BCUT2D eigenvalue weighted by Gasteiger charge is -2.28. The van der Waals surface area contributed by atoms with Crippen LogP contribution in [0, 0.1) is 23.6 Å². The molecular weight excluding hydrogens is 485 g/mol. The zero-order chi connectivity index (χ0) is 27.1. The third kappa shape index (κ3) is 4.20. The van der Waals surface area contributed by atoms with Crippen LogP contribution in [0.2, 0.25) is 0 Å². The molecule has 2 heterocycles. The highest BCUT2D eigenvalue weighted by molar-refractivity contribution is 8.00. The molecule has 3 heteroatoms. The minimum Gasteiger partial charge on any atom is -0.207 e. The molecule has 38 heavy (non-hydrogen) atoms. The number of benzene rings is 4. The minimum atomic E-state index is -0.187. The molecule has 0 bridgehead atoms. The van der Waals surface area contributed by atoms with E-state index in [0.717, 1.165) is 23.6 Å². The Labute approximate surface area is 230 Å². The number of aromatic nitrogens is 1. The summed E-state index contributed by atoms with van der Waals surface area (Å²) in [7, 11) is 2.16. The summed E-state index contributed by atoms with van der Waals surface area (Å²) in [4.78, 5) is 2.58. The summed E-state index contributed by atoms with van der Waals surface area (Å²) in [5, 5.41) is 7.28. The fourth-order valence-electron chi connectivity index (χ4n) is 6.29. The molecule has 0 amide bonds. The molecule has 1 aliphatic rings. The van der Waals surface area contributed by atoms with E-state index in [4.69, 9.17) is 0 Å². The molecule has 0 radical (unpaired) electrons. The van der Waals surface area contributed by atoms with Gasteiger partial charge in [0.25, 0.3) is 0 Å². The van der Waals surface area contributed by atoms with Crippen LogP contribution in [0.1, 0.15) is 58.2 Å². The third-order valence-electron chi connectivity index (χ3n) is 7.74. The van der Waals surface area contributed by atoms with Crippen LogP contribution in [0.4, 0.5) is 4.39 Å². The van der Waals surface area contributed by atoms with Gasteiger partial charge in [-0.3, -0.25) is 0 Å². The van der Waals surface area contributed by atoms with Crippen molar-refractivity contribution in [3.63, 3.8) is 0 Å². The lowest BCUT2D eigenvalue weighted by Crippen LogP contribution is -2.32. The molecule has 0 saturated carbocycles. The van der Waals surface area contributed by atoms with Gasteiger partial charge < -0.3 is 0 Å². The molecule has 0 atom stereocenters. The molecule has 0 fully saturated rings. The third-order valence-corrected chi connectivity index (χ3v) is 8.94. The summed E-state index contributed by atoms with van der Waals surface area (Å²) in [6, 6.07) is 16.7. The molecule has 0 aliphatic carbocycles. The highest BCUT2D eigenvalue weighted by Gasteiger charge is 2.33. The Bertz CT molecular complexity index is 1780. The largest absolute Gasteiger partial charge is 0.222 e. The number of aryl methyl sites for hydroxylation is 2. The SMILES string of the molecule is Cc1c2c(c(CC(C)(C)C)c3ccc(CC(C)(C)C)cc13)Sc1cc3cc(F)ccc3c3cc[n+](C)c-2c13. The van der Waals surface area contributed by atoms with Crippen LogP contribution < -0.4 is 4.57 Å². The van der Waals surface area contributed by atoms with Gasteiger partial charge >= 0.3 is 0 Å². The highest BCUT2D eigenvalue weighted by Crippen LogP contribution is 2.53. The van der Waals surface area contributed by atoms with Gasteiger partial charge in [-0.25, -0.2) is 8.96 Å². The van der Waals surface area contributed by atoms with Crippen molar-refractivity contribution in [1.82, 2.24) is 0 Å². The second-order valence-electron chi connectivity index (χ2n) is 13.6. The van der Waals surface area contributed by atoms with Gasteiger partial charge in [0.05, 0.1) is 10.9 Å². The van der Waals surface area contributed by atoms with E-state index in [0.29, 0.717) is 0 Å². The van der Waals surface area contributed by atoms with E-state index < -0.39 is 0 Å². The van der Waals surface area contributed by atoms with Gasteiger partial charge in [-0.1, -0.05) is 77.6 Å². The van der Waals surface area contributed by atoms with E-state index in [1.54, 1.807) is 12.1 Å². The number of hydrogen-bond donors (Lipinski definition) is 0. The number of pyridine rings is 1. The Morgan fingerprint density at radius 1 is 0.789 bits per heavy atom. The molecule has 194 valence electrons. The predicted molar refractivity (Wildman–Crippen MR) is 161 cm³/mol. The Hall–Kier alpha value is -2.91. The average molecular weight is 523 g/mol. The van der Waals surface area contributed by atoms with Crippen molar-refractivity contribution in [3.8, 4) is 11.3 Å². The van der Waals surface area contributed by atoms with Crippen LogP contribution in [-0.4, -0.2) is 0 Å². The summed E-state index contributed by atoms with van der Waals surface area (Å²) < 4.78 is 16.6. The maximum atomic E-state index is 14.3. The van der Waals surface area contributed by atoms with Gasteiger partial charge in [-0.05, 0) is 87.0 Å². The Morgan fingerprint density at radius 3 is 2.21 bits per heavy atom. The first kappa shape index (κ1) is 25.4. The van der Waals surface area contributed by atoms with Gasteiger partial charge in [-0.2, -0.15) is 0 Å². The first-order valence-corrected chi connectivity index (χ1v) is 14.4. The molecule has 5 aromatic rings. The molecular formula is C35H37FNS+. The van der Waals surface area contributed by atoms with Gasteiger partial charge in [-0.15, -0.1) is 0 Å². The predicted octanol–water partition coefficient (Wildman–Crippen LogP) is 9.73. The van der Waals surface area contributed by atoms with Crippen molar-refractivity contribution in [2.24, 2.45) is 17.9 Å². The lowest BCUT2D eigenvalue weighted by molar-refractivity contribution is -0.659. The molecule has 0 unspecified atom stereocenters. The van der Waals surface area contributed by atoms with Gasteiger partial charge in [0.1, 0.15) is 12.9 Å². The van der Waals surface area contributed by atoms with E-state index in [9.17, 15) is 4.39 Å². The number of nitrogens with zero attached hydrogens (tertiary/aromatic N) is 1. The quantitative estimate of drug-likeness (QED) is 0.162. The van der Waals surface area contributed by atoms with Crippen molar-refractivity contribution in [1.29, 1.82) is 0 Å². The van der Waals surface area contributed by atoms with E-state index in [-0.39, 0.29) is 16.6 Å². The standard InChI is InChI=1S/C35H37FNS/c1-20-27-15-21(18-34(2,3)4)9-11-25(27)28(19-35(5,6)7)33-30(20)32-31-26(13-14-37(32)8)24-12-10-23(36)16-22(24)17-29(31)38-33/h9-17H,18-19H2,1-8H3/q+1. The molecule has 1 aliphatic heterocycles. The maximum absolute atomic E-state index is 14.3. The summed E-state index contributed by atoms with van der Waals surface area (Å²) in [6.45, 7) is 16.2. The van der Waals surface area contributed by atoms with Crippen molar-refractivity contribution in [2.75, 3.05) is 0 Å². The van der Waals surface area contributed by atoms with Crippen LogP contribution in [0.15, 0.2) is 64.5 Å². The van der Waals surface area contributed by atoms with Crippen LogP contribution in [0.25, 0.3) is 43.6 Å². The highest BCUT2D eigenvalue weighted by atomic mass is 32.2. The normalized spacial score (nSPS) is 13.5. The molecule has 4 aromatic carbocycles. The summed E-state index contributed by atoms with van der Waals surface area (Å²) >= 11 is 1.88. The molecule has 0 N–H and O–H groups in total. The monoisotopic (exact) mass is 522 g/mol. The van der Waals surface area contributed by atoms with Crippen molar-refractivity contribution in [3.05, 3.63) is 77.2 Å². The van der Waals surface area contributed by atoms with Crippen LogP contribution in [0.3, 0.4) is 0 Å². The van der Waals surface area contributed by atoms with Crippen LogP contribution >= 0.6 is 11.8 Å². The zero-order valence-electron chi connectivity index (χ0n) is 23.8. The molecule has 0 spiro atoms. The Balaban J connectivity index is 1.75. The Kier molecular flexibility index (Phi) is 5.71. The zero-order valence-corrected chi connectivity index (χ0v) is 24.7. The summed E-state index contributed by atoms with van der Waals surface area (Å²) in [5.74, 6) is -0.187. The Morgan fingerprint density at radius 2 is 1.50 bits per heavy atom. The molecule has 1 aromatic heterocycles. The van der Waals surface area contributed by atoms with Gasteiger partial charge in [0, 0.05) is 21.2 Å². The van der Waals surface area contributed by atoms with Crippen molar-refractivity contribution in [2.45, 2.75) is 71.1 Å². The van der Waals surface area contributed by atoms with E-state index in [2.05, 4.69) is 96.6 Å². The fraction of sp³-hybridized carbons (Fsp3) is 0.343. The van der Waals surface area contributed by atoms with E-state index >= 15 is 0 Å². The average Bonchev–Trinajstić information content (AvgIpc) is 2.81. The molecule has 0 saturated heterocycles. The second kappa shape index (κ2) is 8.55. The van der Waals surface area contributed by atoms with Gasteiger partial charge in [0.15, 0.2) is 6.20 Å². The maximum Gasteiger partial charge on any atom is 0.222 e. The number of fused-ring (bicyclic) bond motifs is 5. The van der Waals surface area contributed by atoms with Crippen molar-refractivity contribution < 1.29 is 8.96 Å². The number of halogens is 1. The van der Waals surface area contributed by atoms with Gasteiger partial charge in [0.2, 0.25) is 5.69 Å².